The highest BCUT2D eigenvalue weighted by molar-refractivity contribution is 6.21. The van der Waals surface area contributed by atoms with E-state index in [2.05, 4.69) is 106 Å². The fraction of sp³-hybridized carbons (Fsp3) is 0. The minimum absolute atomic E-state index is 0.383. The van der Waals surface area contributed by atoms with E-state index < -0.39 is 0 Å². The Morgan fingerprint density at radius 1 is 0.346 bits per heavy atom. The molecule has 0 atom stereocenters. The number of hydrogen-bond donors (Lipinski definition) is 0. The van der Waals surface area contributed by atoms with Gasteiger partial charge in [0.25, 0.3) is 0 Å². The molecular weight excluding hydrogens is 637 g/mol. The van der Waals surface area contributed by atoms with Crippen molar-refractivity contribution >= 4 is 43.6 Å². The molecule has 0 aliphatic heterocycles. The van der Waals surface area contributed by atoms with Gasteiger partial charge in [0.2, 0.25) is 0 Å². The van der Waals surface area contributed by atoms with Crippen molar-refractivity contribution in [1.82, 2.24) is 9.13 Å². The van der Waals surface area contributed by atoms with Gasteiger partial charge in [0.1, 0.15) is 0 Å². The number of para-hydroxylation sites is 2. The van der Waals surface area contributed by atoms with Gasteiger partial charge in [-0.15, -0.1) is 0 Å². The number of rotatable bonds is 4. The van der Waals surface area contributed by atoms with E-state index in [-0.39, 0.29) is 0 Å². The highest BCUT2D eigenvalue weighted by atomic mass is 15.0. The smallest absolute Gasteiger partial charge is 0.0998 e. The maximum absolute atomic E-state index is 10.3. The van der Waals surface area contributed by atoms with Crippen LogP contribution >= 0.6 is 0 Å². The molecular formula is C46H24N6. The van der Waals surface area contributed by atoms with Gasteiger partial charge in [-0.05, 0) is 77.9 Å². The summed E-state index contributed by atoms with van der Waals surface area (Å²) in [5, 5.41) is 45.0. The molecule has 0 radical (unpaired) electrons. The van der Waals surface area contributed by atoms with E-state index in [1.807, 2.05) is 36.4 Å². The summed E-state index contributed by atoms with van der Waals surface area (Å²) in [6.45, 7) is 0. The maximum atomic E-state index is 10.3. The molecule has 0 unspecified atom stereocenters. The number of benzene rings is 7. The van der Waals surface area contributed by atoms with Crippen LogP contribution in [0.15, 0.2) is 146 Å². The van der Waals surface area contributed by atoms with Crippen molar-refractivity contribution in [3.8, 4) is 57.9 Å². The quantitative estimate of drug-likeness (QED) is 0.187. The summed E-state index contributed by atoms with van der Waals surface area (Å²) in [5.74, 6) is 0. The first-order chi connectivity index (χ1) is 25.7. The lowest BCUT2D eigenvalue weighted by atomic mass is 9.88. The Hall–Kier alpha value is -7.90. The first kappa shape index (κ1) is 30.2. The number of hydrogen-bond acceptors (Lipinski definition) is 4. The molecule has 0 N–H and O–H groups in total. The summed E-state index contributed by atoms with van der Waals surface area (Å²) in [6, 6.07) is 56.7. The van der Waals surface area contributed by atoms with E-state index in [4.69, 9.17) is 0 Å². The molecule has 6 nitrogen and oxygen atoms in total. The highest BCUT2D eigenvalue weighted by Gasteiger charge is 2.24. The molecule has 0 fully saturated rings. The molecule has 0 saturated heterocycles. The summed E-state index contributed by atoms with van der Waals surface area (Å²) in [6.07, 6.45) is 0. The van der Waals surface area contributed by atoms with Gasteiger partial charge in [0.15, 0.2) is 0 Å². The van der Waals surface area contributed by atoms with Crippen molar-refractivity contribution in [2.24, 2.45) is 0 Å². The van der Waals surface area contributed by atoms with E-state index in [1.54, 1.807) is 36.4 Å². The topological polar surface area (TPSA) is 105 Å². The van der Waals surface area contributed by atoms with E-state index in [1.165, 1.54) is 10.8 Å². The normalized spacial score (nSPS) is 11.0. The molecule has 2 heterocycles. The molecule has 6 heteroatoms. The summed E-state index contributed by atoms with van der Waals surface area (Å²) in [5.41, 5.74) is 9.83. The average molecular weight is 661 g/mol. The monoisotopic (exact) mass is 660 g/mol. The highest BCUT2D eigenvalue weighted by Crippen LogP contribution is 2.45. The molecule has 2 aromatic heterocycles. The molecule has 0 bridgehead atoms. The summed E-state index contributed by atoms with van der Waals surface area (Å²) >= 11 is 0. The summed E-state index contributed by atoms with van der Waals surface area (Å²) in [4.78, 5) is 0. The third-order valence-electron chi connectivity index (χ3n) is 9.89. The summed E-state index contributed by atoms with van der Waals surface area (Å²) < 4.78 is 4.47. The van der Waals surface area contributed by atoms with Crippen LogP contribution < -0.4 is 0 Å². The fourth-order valence-corrected chi connectivity index (χ4v) is 7.83. The second kappa shape index (κ2) is 11.9. The second-order valence-electron chi connectivity index (χ2n) is 12.5. The molecule has 0 spiro atoms. The van der Waals surface area contributed by atoms with E-state index in [9.17, 15) is 21.0 Å². The van der Waals surface area contributed by atoms with Crippen molar-refractivity contribution in [2.45, 2.75) is 0 Å². The first-order valence-electron chi connectivity index (χ1n) is 16.7. The Balaban J connectivity index is 1.43. The minimum Gasteiger partial charge on any atom is -0.309 e. The van der Waals surface area contributed by atoms with Gasteiger partial charge in [-0.3, -0.25) is 0 Å². The Morgan fingerprint density at radius 2 is 0.692 bits per heavy atom. The van der Waals surface area contributed by atoms with Crippen LogP contribution in [-0.4, -0.2) is 9.13 Å². The number of nitrogens with zero attached hydrogens (tertiary/aromatic N) is 6. The van der Waals surface area contributed by atoms with Crippen LogP contribution in [0.1, 0.15) is 22.3 Å². The summed E-state index contributed by atoms with van der Waals surface area (Å²) in [7, 11) is 0. The lowest BCUT2D eigenvalue weighted by molar-refractivity contribution is 1.13. The zero-order chi connectivity index (χ0) is 35.3. The Labute approximate surface area is 298 Å². The number of aromatic nitrogens is 2. The Bertz CT molecular complexity index is 2880. The minimum atomic E-state index is 0.383. The third-order valence-corrected chi connectivity index (χ3v) is 9.89. The van der Waals surface area contributed by atoms with Crippen LogP contribution in [0, 0.1) is 45.3 Å². The van der Waals surface area contributed by atoms with Crippen molar-refractivity contribution < 1.29 is 0 Å². The van der Waals surface area contributed by atoms with Gasteiger partial charge in [-0.2, -0.15) is 21.0 Å². The van der Waals surface area contributed by atoms with E-state index >= 15 is 0 Å². The van der Waals surface area contributed by atoms with Crippen LogP contribution in [0.4, 0.5) is 0 Å². The second-order valence-corrected chi connectivity index (χ2v) is 12.5. The van der Waals surface area contributed by atoms with E-state index in [0.717, 1.165) is 44.2 Å². The SMILES string of the molecule is N#Cc1cccc(C#N)c1-c1cccc2c1c1c(-c3c(C#N)cccc3C#N)cccc1n2-c1cccc(-n2c3ccccc3c3ccccc32)c1. The van der Waals surface area contributed by atoms with Crippen molar-refractivity contribution in [3.63, 3.8) is 0 Å². The van der Waals surface area contributed by atoms with Crippen molar-refractivity contribution in [2.75, 3.05) is 0 Å². The van der Waals surface area contributed by atoms with Gasteiger partial charge in [-0.1, -0.05) is 78.9 Å². The van der Waals surface area contributed by atoms with Gasteiger partial charge in [0.05, 0.1) is 68.6 Å². The third kappa shape index (κ3) is 4.33. The van der Waals surface area contributed by atoms with Gasteiger partial charge < -0.3 is 9.13 Å². The Kier molecular flexibility index (Phi) is 6.91. The van der Waals surface area contributed by atoms with Gasteiger partial charge >= 0.3 is 0 Å². The molecule has 9 rings (SSSR count). The zero-order valence-corrected chi connectivity index (χ0v) is 27.5. The fourth-order valence-electron chi connectivity index (χ4n) is 7.83. The molecule has 0 saturated carbocycles. The van der Waals surface area contributed by atoms with Crippen LogP contribution in [-0.2, 0) is 0 Å². The van der Waals surface area contributed by atoms with Crippen molar-refractivity contribution in [3.05, 3.63) is 168 Å². The largest absolute Gasteiger partial charge is 0.309 e. The lowest BCUT2D eigenvalue weighted by Crippen LogP contribution is -1.98. The van der Waals surface area contributed by atoms with Crippen LogP contribution in [0.25, 0.3) is 77.2 Å². The zero-order valence-electron chi connectivity index (χ0n) is 27.5. The molecule has 0 aliphatic carbocycles. The molecule has 7 aromatic carbocycles. The standard InChI is InChI=1S/C46H24N6/c47-25-29-10-5-11-30(26-48)43(29)37-18-8-22-41-45(37)46-38(44-31(27-49)12-6-13-32(44)28-50)19-9-23-42(46)52(41)34-15-7-14-33(24-34)51-39-20-3-1-16-35(39)36-17-2-4-21-40(36)51/h1-24H. The number of nitriles is 4. The van der Waals surface area contributed by atoms with Crippen LogP contribution in [0.3, 0.4) is 0 Å². The first-order valence-corrected chi connectivity index (χ1v) is 16.7. The van der Waals surface area contributed by atoms with Crippen molar-refractivity contribution in [1.29, 1.82) is 21.0 Å². The van der Waals surface area contributed by atoms with Crippen LogP contribution in [0.2, 0.25) is 0 Å². The molecule has 238 valence electrons. The molecule has 9 aromatic rings. The Morgan fingerprint density at radius 3 is 1.12 bits per heavy atom. The predicted octanol–water partition coefficient (Wildman–Crippen LogP) is 10.7. The molecule has 0 amide bonds. The van der Waals surface area contributed by atoms with Crippen LogP contribution in [0.5, 0.6) is 0 Å². The molecule has 0 aliphatic rings. The average Bonchev–Trinajstić information content (AvgIpc) is 3.73. The maximum Gasteiger partial charge on any atom is 0.0998 e. The van der Waals surface area contributed by atoms with Gasteiger partial charge in [0, 0.05) is 44.0 Å². The number of fused-ring (bicyclic) bond motifs is 6. The predicted molar refractivity (Wildman–Crippen MR) is 205 cm³/mol. The van der Waals surface area contributed by atoms with Gasteiger partial charge in [-0.25, -0.2) is 0 Å². The molecule has 52 heavy (non-hydrogen) atoms. The van der Waals surface area contributed by atoms with E-state index in [0.29, 0.717) is 44.5 Å². The lowest BCUT2D eigenvalue weighted by Gasteiger charge is -2.13.